The molecule has 8 heavy (non-hydrogen) atoms. The Morgan fingerprint density at radius 1 is 1.62 bits per heavy atom. The number of nitrogens with zero attached hydrogens (tertiary/aromatic N) is 2. The van der Waals surface area contributed by atoms with Crippen LogP contribution in [0.3, 0.4) is 0 Å². The highest BCUT2D eigenvalue weighted by atomic mass is 32.2. The number of oxime groups is 2. The first-order valence-corrected chi connectivity index (χ1v) is 3.01. The van der Waals surface area contributed by atoms with Crippen LogP contribution in [0.5, 0.6) is 0 Å². The zero-order valence-corrected chi connectivity index (χ0v) is 5.09. The van der Waals surface area contributed by atoms with Gasteiger partial charge in [-0.05, 0) is 6.26 Å². The molecule has 0 aliphatic heterocycles. The molecule has 0 fully saturated rings. The minimum atomic E-state index is 0.271. The molecule has 5 heteroatoms. The molecule has 0 bridgehead atoms. The quantitative estimate of drug-likeness (QED) is 0.239. The first-order chi connectivity index (χ1) is 3.85. The smallest absolute Gasteiger partial charge is 0.157 e. The molecule has 46 valence electrons. The minimum absolute atomic E-state index is 0.271. The van der Waals surface area contributed by atoms with E-state index in [-0.39, 0.29) is 5.04 Å². The van der Waals surface area contributed by atoms with Gasteiger partial charge in [-0.15, -0.1) is 11.8 Å². The molecule has 0 atom stereocenters. The zero-order valence-electron chi connectivity index (χ0n) is 4.27. The summed E-state index contributed by atoms with van der Waals surface area (Å²) < 4.78 is 0. The van der Waals surface area contributed by atoms with Crippen molar-refractivity contribution in [3.63, 3.8) is 0 Å². The molecule has 0 heterocycles. The molecule has 0 unspecified atom stereocenters. The van der Waals surface area contributed by atoms with Crippen molar-refractivity contribution in [2.45, 2.75) is 0 Å². The maximum atomic E-state index is 8.02. The molecular formula is C3H6N2O2S. The summed E-state index contributed by atoms with van der Waals surface area (Å²) in [6, 6.07) is 0. The Kier molecular flexibility index (Phi) is 4.05. The molecule has 4 nitrogen and oxygen atoms in total. The molecule has 0 saturated heterocycles. The van der Waals surface area contributed by atoms with Gasteiger partial charge in [-0.1, -0.05) is 10.3 Å². The molecule has 0 aromatic carbocycles. The Bertz CT molecular complexity index is 109. The molecule has 0 saturated carbocycles. The number of thioether (sulfide) groups is 1. The van der Waals surface area contributed by atoms with Gasteiger partial charge in [0.1, 0.15) is 6.21 Å². The summed E-state index contributed by atoms with van der Waals surface area (Å²) in [6.07, 6.45) is 2.75. The van der Waals surface area contributed by atoms with E-state index in [9.17, 15) is 0 Å². The van der Waals surface area contributed by atoms with Crippen LogP contribution in [0.4, 0.5) is 0 Å². The second-order valence-corrected chi connectivity index (χ2v) is 1.71. The molecule has 0 spiro atoms. The van der Waals surface area contributed by atoms with Crippen LogP contribution >= 0.6 is 11.8 Å². The molecule has 0 aliphatic carbocycles. The fourth-order valence-electron chi connectivity index (χ4n) is 0.169. The molecule has 0 aromatic rings. The van der Waals surface area contributed by atoms with E-state index in [1.807, 2.05) is 0 Å². The van der Waals surface area contributed by atoms with Gasteiger partial charge in [0.05, 0.1) is 0 Å². The van der Waals surface area contributed by atoms with Gasteiger partial charge in [-0.2, -0.15) is 0 Å². The third kappa shape index (κ3) is 2.46. The van der Waals surface area contributed by atoms with Gasteiger partial charge in [0, 0.05) is 0 Å². The van der Waals surface area contributed by atoms with E-state index in [1.54, 1.807) is 6.26 Å². The van der Waals surface area contributed by atoms with Gasteiger partial charge in [-0.25, -0.2) is 0 Å². The van der Waals surface area contributed by atoms with Crippen LogP contribution in [0.1, 0.15) is 0 Å². The van der Waals surface area contributed by atoms with Gasteiger partial charge in [-0.3, -0.25) is 0 Å². The van der Waals surface area contributed by atoms with E-state index < -0.39 is 0 Å². The van der Waals surface area contributed by atoms with Crippen molar-refractivity contribution in [2.75, 3.05) is 6.26 Å². The maximum absolute atomic E-state index is 8.02. The van der Waals surface area contributed by atoms with Crippen LogP contribution in [0, 0.1) is 0 Å². The van der Waals surface area contributed by atoms with Crippen molar-refractivity contribution in [3.8, 4) is 0 Å². The Labute approximate surface area is 50.9 Å². The molecule has 0 rings (SSSR count). The first kappa shape index (κ1) is 7.29. The van der Waals surface area contributed by atoms with E-state index in [0.29, 0.717) is 0 Å². The summed E-state index contributed by atoms with van der Waals surface area (Å²) in [4.78, 5) is 0. The summed E-state index contributed by atoms with van der Waals surface area (Å²) in [5, 5.41) is 21.6. The second-order valence-electron chi connectivity index (χ2n) is 0.887. The topological polar surface area (TPSA) is 65.2 Å². The average molecular weight is 134 g/mol. The van der Waals surface area contributed by atoms with E-state index in [4.69, 9.17) is 10.4 Å². The third-order valence-corrected chi connectivity index (χ3v) is 1.08. The molecule has 0 radical (unpaired) electrons. The fraction of sp³-hybridized carbons (Fsp3) is 0.333. The lowest BCUT2D eigenvalue weighted by Crippen LogP contribution is -1.90. The highest BCUT2D eigenvalue weighted by Crippen LogP contribution is 1.92. The summed E-state index contributed by atoms with van der Waals surface area (Å²) in [5.41, 5.74) is 0. The molecule has 0 aliphatic rings. The summed E-state index contributed by atoms with van der Waals surface area (Å²) in [6.45, 7) is 0. The maximum Gasteiger partial charge on any atom is 0.157 e. The minimum Gasteiger partial charge on any atom is -0.411 e. The van der Waals surface area contributed by atoms with Gasteiger partial charge >= 0.3 is 0 Å². The molecule has 2 N–H and O–H groups in total. The van der Waals surface area contributed by atoms with Crippen LogP contribution in [0.2, 0.25) is 0 Å². The number of hydrogen-bond acceptors (Lipinski definition) is 5. The molecular weight excluding hydrogens is 128 g/mol. The average Bonchev–Trinajstić information content (AvgIpc) is 1.83. The van der Waals surface area contributed by atoms with Gasteiger partial charge in [0.25, 0.3) is 0 Å². The molecule has 0 amide bonds. The molecule has 0 aromatic heterocycles. The fourth-order valence-corrected chi connectivity index (χ4v) is 0.403. The highest BCUT2D eigenvalue weighted by molar-refractivity contribution is 8.14. The second kappa shape index (κ2) is 4.45. The van der Waals surface area contributed by atoms with Crippen molar-refractivity contribution in [1.29, 1.82) is 0 Å². The first-order valence-electron chi connectivity index (χ1n) is 1.78. The van der Waals surface area contributed by atoms with E-state index in [0.717, 1.165) is 6.21 Å². The Morgan fingerprint density at radius 3 is 2.38 bits per heavy atom. The van der Waals surface area contributed by atoms with Gasteiger partial charge < -0.3 is 10.4 Å². The van der Waals surface area contributed by atoms with Crippen molar-refractivity contribution in [3.05, 3.63) is 0 Å². The number of rotatable bonds is 1. The van der Waals surface area contributed by atoms with Crippen LogP contribution in [0.25, 0.3) is 0 Å². The predicted octanol–water partition coefficient (Wildman–Crippen LogP) is 0.597. The lowest BCUT2D eigenvalue weighted by molar-refractivity contribution is 0.317. The van der Waals surface area contributed by atoms with Crippen LogP contribution in [-0.4, -0.2) is 27.9 Å². The normalized spacial score (nSPS) is 12.9. The van der Waals surface area contributed by atoms with E-state index in [2.05, 4.69) is 10.3 Å². The monoisotopic (exact) mass is 134 g/mol. The van der Waals surface area contributed by atoms with Crippen LogP contribution in [0.15, 0.2) is 10.3 Å². The van der Waals surface area contributed by atoms with Gasteiger partial charge in [0.15, 0.2) is 5.04 Å². The van der Waals surface area contributed by atoms with Crippen molar-refractivity contribution in [1.82, 2.24) is 0 Å². The van der Waals surface area contributed by atoms with E-state index in [1.165, 1.54) is 11.8 Å². The van der Waals surface area contributed by atoms with Crippen LogP contribution < -0.4 is 0 Å². The Hall–Kier alpha value is -0.710. The van der Waals surface area contributed by atoms with Crippen molar-refractivity contribution < 1.29 is 10.4 Å². The summed E-state index contributed by atoms with van der Waals surface area (Å²) in [7, 11) is 0. The summed E-state index contributed by atoms with van der Waals surface area (Å²) >= 11 is 1.19. The zero-order chi connectivity index (χ0) is 6.41. The summed E-state index contributed by atoms with van der Waals surface area (Å²) in [5.74, 6) is 0. The van der Waals surface area contributed by atoms with Gasteiger partial charge in [0.2, 0.25) is 0 Å². The van der Waals surface area contributed by atoms with Crippen molar-refractivity contribution in [2.24, 2.45) is 10.3 Å². The van der Waals surface area contributed by atoms with E-state index >= 15 is 0 Å². The number of hydrogen-bond donors (Lipinski definition) is 2. The Balaban J connectivity index is 3.72. The van der Waals surface area contributed by atoms with Crippen molar-refractivity contribution >= 4 is 23.0 Å². The SMILES string of the molecule is CSC(/C=N\O)=N/O. The third-order valence-electron chi connectivity index (χ3n) is 0.476. The highest BCUT2D eigenvalue weighted by Gasteiger charge is 1.87. The van der Waals surface area contributed by atoms with Crippen LogP contribution in [-0.2, 0) is 0 Å². The lowest BCUT2D eigenvalue weighted by atomic mass is 10.8. The largest absolute Gasteiger partial charge is 0.411 e. The predicted molar refractivity (Wildman–Crippen MR) is 33.0 cm³/mol. The standard InChI is InChI=1S/C3H6N2O2S/c1-8-3(5-7)2-4-6/h2,6-7H,1H3/b4-2-,5-3+. The Morgan fingerprint density at radius 2 is 2.25 bits per heavy atom. The lowest BCUT2D eigenvalue weighted by Gasteiger charge is -1.84.